The Kier molecular flexibility index (Phi) is 2.24. The van der Waals surface area contributed by atoms with Crippen LogP contribution in [0.25, 0.3) is 11.6 Å². The van der Waals surface area contributed by atoms with Crippen LogP contribution in [-0.4, -0.2) is 19.7 Å². The van der Waals surface area contributed by atoms with Crippen molar-refractivity contribution in [2.24, 2.45) is 0 Å². The summed E-state index contributed by atoms with van der Waals surface area (Å²) < 4.78 is 8.61. The van der Waals surface area contributed by atoms with Crippen molar-refractivity contribution in [1.29, 1.82) is 0 Å². The quantitative estimate of drug-likeness (QED) is 0.718. The van der Waals surface area contributed by atoms with Crippen LogP contribution in [0.5, 0.6) is 0 Å². The highest BCUT2D eigenvalue weighted by Crippen LogP contribution is 2.20. The molecule has 0 saturated carbocycles. The van der Waals surface area contributed by atoms with Crippen LogP contribution < -0.4 is 0 Å². The Hall–Kier alpha value is -1.01. The first-order valence-electron chi connectivity index (χ1n) is 3.52. The van der Waals surface area contributed by atoms with Crippen LogP contribution in [0.15, 0.2) is 9.90 Å². The zero-order chi connectivity index (χ0) is 9.26. The number of halogens is 1. The first kappa shape index (κ1) is 8.58. The van der Waals surface area contributed by atoms with Gasteiger partial charge in [-0.2, -0.15) is 4.98 Å². The fourth-order valence-corrected chi connectivity index (χ4v) is 1.28. The average Bonchev–Trinajstić information content (AvgIpc) is 2.75. The van der Waals surface area contributed by atoms with Gasteiger partial charge in [0.2, 0.25) is 0 Å². The summed E-state index contributed by atoms with van der Waals surface area (Å²) in [6, 6.07) is 0. The van der Waals surface area contributed by atoms with Gasteiger partial charge >= 0.3 is 0 Å². The van der Waals surface area contributed by atoms with E-state index in [0.29, 0.717) is 17.4 Å². The smallest absolute Gasteiger partial charge is 0.279 e. The fraction of sp³-hybridized carbons (Fsp3) is 0.333. The molecule has 0 aliphatic carbocycles. The Morgan fingerprint density at radius 2 is 2.46 bits per heavy atom. The first-order chi connectivity index (χ1) is 6.27. The van der Waals surface area contributed by atoms with Crippen LogP contribution in [0.4, 0.5) is 0 Å². The van der Waals surface area contributed by atoms with Crippen molar-refractivity contribution >= 4 is 23.1 Å². The molecular weight excluding hydrogens is 212 g/mol. The lowest BCUT2D eigenvalue weighted by molar-refractivity contribution is 0.421. The molecule has 0 N–H and O–H groups in total. The van der Waals surface area contributed by atoms with E-state index in [1.807, 2.05) is 0 Å². The second-order valence-electron chi connectivity index (χ2n) is 2.36. The summed E-state index contributed by atoms with van der Waals surface area (Å²) in [7, 11) is 0. The molecule has 1 atom stereocenters. The third-order valence-corrected chi connectivity index (χ3v) is 2.08. The molecule has 68 valence electrons. The Morgan fingerprint density at radius 3 is 3.00 bits per heavy atom. The van der Waals surface area contributed by atoms with E-state index in [4.69, 9.17) is 16.1 Å². The van der Waals surface area contributed by atoms with Crippen LogP contribution >= 0.6 is 23.1 Å². The molecule has 2 rings (SSSR count). The maximum absolute atomic E-state index is 5.76. The number of aromatic nitrogens is 4. The Balaban J connectivity index is 2.33. The van der Waals surface area contributed by atoms with Gasteiger partial charge in [-0.25, -0.2) is 0 Å². The number of hydrogen-bond acceptors (Lipinski definition) is 6. The zero-order valence-corrected chi connectivity index (χ0v) is 8.21. The van der Waals surface area contributed by atoms with Gasteiger partial charge in [0, 0.05) is 5.38 Å². The third-order valence-electron chi connectivity index (χ3n) is 1.38. The average molecular weight is 217 g/mol. The van der Waals surface area contributed by atoms with E-state index in [1.165, 1.54) is 11.5 Å². The first-order valence-corrected chi connectivity index (χ1v) is 4.80. The van der Waals surface area contributed by atoms with Gasteiger partial charge in [-0.1, -0.05) is 9.64 Å². The van der Waals surface area contributed by atoms with Crippen LogP contribution in [0, 0.1) is 0 Å². The van der Waals surface area contributed by atoms with Crippen LogP contribution in [-0.2, 0) is 0 Å². The molecule has 5 nitrogen and oxygen atoms in total. The van der Waals surface area contributed by atoms with Crippen molar-refractivity contribution in [3.8, 4) is 11.6 Å². The summed E-state index contributed by atoms with van der Waals surface area (Å²) in [6.07, 6.45) is 0. The van der Waals surface area contributed by atoms with E-state index in [0.717, 1.165) is 0 Å². The lowest BCUT2D eigenvalue weighted by atomic mass is 10.4. The molecular formula is C6H5ClN4OS. The van der Waals surface area contributed by atoms with E-state index in [9.17, 15) is 0 Å². The van der Waals surface area contributed by atoms with Gasteiger partial charge in [-0.3, -0.25) is 0 Å². The molecule has 2 heterocycles. The third kappa shape index (κ3) is 1.68. The number of alkyl halides is 1. The highest BCUT2D eigenvalue weighted by atomic mass is 35.5. The molecule has 0 fully saturated rings. The standard InChI is InChI=1S/C6H5ClN4OS/c1-3(7)5-8-6(12-10-5)4-2-13-11-9-4/h2-3H,1H3. The maximum atomic E-state index is 5.76. The molecule has 7 heteroatoms. The van der Waals surface area contributed by atoms with Crippen LogP contribution in [0.2, 0.25) is 0 Å². The van der Waals surface area contributed by atoms with E-state index >= 15 is 0 Å². The van der Waals surface area contributed by atoms with E-state index in [2.05, 4.69) is 19.7 Å². The Labute approximate surface area is 82.9 Å². The van der Waals surface area contributed by atoms with Crippen molar-refractivity contribution in [2.45, 2.75) is 12.3 Å². The molecule has 0 radical (unpaired) electrons. The molecule has 0 aliphatic rings. The van der Waals surface area contributed by atoms with Gasteiger partial charge in [-0.15, -0.1) is 16.7 Å². The highest BCUT2D eigenvalue weighted by molar-refractivity contribution is 7.03. The topological polar surface area (TPSA) is 64.7 Å². The van der Waals surface area contributed by atoms with Gasteiger partial charge in [-0.05, 0) is 18.5 Å². The van der Waals surface area contributed by atoms with Crippen molar-refractivity contribution < 1.29 is 4.52 Å². The van der Waals surface area contributed by atoms with Crippen LogP contribution in [0.1, 0.15) is 18.1 Å². The fourth-order valence-electron chi connectivity index (χ4n) is 0.758. The Bertz CT molecular complexity index is 385. The minimum atomic E-state index is -0.260. The molecule has 0 spiro atoms. The maximum Gasteiger partial charge on any atom is 0.279 e. The summed E-state index contributed by atoms with van der Waals surface area (Å²) in [5.41, 5.74) is 0.584. The molecule has 2 aromatic heterocycles. The SMILES string of the molecule is CC(Cl)c1noc(-c2csnn2)n1. The molecule has 0 amide bonds. The number of rotatable bonds is 2. The zero-order valence-electron chi connectivity index (χ0n) is 6.64. The van der Waals surface area contributed by atoms with Gasteiger partial charge in [0.05, 0.1) is 5.38 Å². The van der Waals surface area contributed by atoms with Gasteiger partial charge in [0.15, 0.2) is 11.5 Å². The summed E-state index contributed by atoms with van der Waals surface area (Å²) >= 11 is 6.99. The normalized spacial score (nSPS) is 13.1. The molecule has 0 bridgehead atoms. The number of hydrogen-bond donors (Lipinski definition) is 0. The van der Waals surface area contributed by atoms with E-state index in [-0.39, 0.29) is 5.38 Å². The summed E-state index contributed by atoms with van der Waals surface area (Å²) in [5, 5.41) is 8.95. The van der Waals surface area contributed by atoms with Crippen molar-refractivity contribution in [2.75, 3.05) is 0 Å². The largest absolute Gasteiger partial charge is 0.332 e. The van der Waals surface area contributed by atoms with Gasteiger partial charge in [0.25, 0.3) is 5.89 Å². The second-order valence-corrected chi connectivity index (χ2v) is 3.63. The van der Waals surface area contributed by atoms with E-state index in [1.54, 1.807) is 12.3 Å². The molecule has 1 unspecified atom stereocenters. The van der Waals surface area contributed by atoms with Gasteiger partial charge < -0.3 is 4.52 Å². The summed E-state index contributed by atoms with van der Waals surface area (Å²) in [5.74, 6) is 0.820. The van der Waals surface area contributed by atoms with Crippen molar-refractivity contribution in [1.82, 2.24) is 19.7 Å². The lowest BCUT2D eigenvalue weighted by Crippen LogP contribution is -1.86. The van der Waals surface area contributed by atoms with E-state index < -0.39 is 0 Å². The molecule has 0 aliphatic heterocycles. The predicted octanol–water partition coefficient (Wildman–Crippen LogP) is 1.89. The van der Waals surface area contributed by atoms with Crippen molar-refractivity contribution in [3.05, 3.63) is 11.2 Å². The van der Waals surface area contributed by atoms with Crippen LogP contribution in [0.3, 0.4) is 0 Å². The van der Waals surface area contributed by atoms with Crippen molar-refractivity contribution in [3.63, 3.8) is 0 Å². The second kappa shape index (κ2) is 3.39. The predicted molar refractivity (Wildman–Crippen MR) is 47.5 cm³/mol. The van der Waals surface area contributed by atoms with Gasteiger partial charge in [0.1, 0.15) is 0 Å². The summed E-state index contributed by atoms with van der Waals surface area (Å²) in [4.78, 5) is 4.05. The minimum Gasteiger partial charge on any atom is -0.332 e. The Morgan fingerprint density at radius 1 is 1.62 bits per heavy atom. The molecule has 13 heavy (non-hydrogen) atoms. The molecule has 0 saturated heterocycles. The monoisotopic (exact) mass is 216 g/mol. The molecule has 2 aromatic rings. The minimum absolute atomic E-state index is 0.260. The highest BCUT2D eigenvalue weighted by Gasteiger charge is 2.13. The lowest BCUT2D eigenvalue weighted by Gasteiger charge is -1.88. The summed E-state index contributed by atoms with van der Waals surface area (Å²) in [6.45, 7) is 1.77. The molecule has 0 aromatic carbocycles. The number of nitrogens with zero attached hydrogens (tertiary/aromatic N) is 4.